The van der Waals surface area contributed by atoms with Gasteiger partial charge in [0.2, 0.25) is 0 Å². The Morgan fingerprint density at radius 3 is 1.30 bits per heavy atom. The predicted molar refractivity (Wildman–Crippen MR) is 286 cm³/mol. The number of ether oxygens (including phenoxy) is 2. The van der Waals surface area contributed by atoms with E-state index in [0.717, 1.165) is 119 Å². The molecule has 4 aromatic rings. The highest BCUT2D eigenvalue weighted by Crippen LogP contribution is 2.42. The van der Waals surface area contributed by atoms with E-state index in [2.05, 4.69) is 45.4 Å². The number of anilines is 2. The van der Waals surface area contributed by atoms with Crippen molar-refractivity contribution in [2.45, 2.75) is 108 Å². The number of piperidine rings is 2. The van der Waals surface area contributed by atoms with Gasteiger partial charge in [0, 0.05) is 92.4 Å². The van der Waals surface area contributed by atoms with Crippen molar-refractivity contribution in [2.24, 2.45) is 11.8 Å². The molecule has 73 heavy (non-hydrogen) atoms. The summed E-state index contributed by atoms with van der Waals surface area (Å²) in [6.07, 6.45) is 18.0. The molecule has 13 nitrogen and oxygen atoms in total. The second-order valence-electron chi connectivity index (χ2n) is 20.6. The van der Waals surface area contributed by atoms with Gasteiger partial charge in [-0.05, 0) is 159 Å². The molecule has 6 fully saturated rings. The first kappa shape index (κ1) is 52.6. The molecular weight excluding hydrogens is 915 g/mol. The predicted octanol–water partition coefficient (Wildman–Crippen LogP) is 10.8. The lowest BCUT2D eigenvalue weighted by molar-refractivity contribution is 0.0705. The van der Waals surface area contributed by atoms with Crippen molar-refractivity contribution >= 4 is 35.3 Å². The number of terminal acetylenes is 1. The molecule has 384 valence electrons. The molecule has 10 rings (SSSR count). The standard InChI is InChI=1S/C30H35N3O3.C29H34N4O3.CH4/c1-2-21-6-8-23(9-7-21)24-12-15-33(16-13-24)29(34)26-10-11-27(25-4-3-5-25)28(18-26)32-30(35)31-19-22-14-17-36-20-22;30-17-20-4-6-22(7-5-20)23-10-13-33(14-11-23)28(34)25-8-9-26(24-2-1-3-24)27(16-25)32-29(35)31-18-21-12-15-36-19-21;/h1,6-11,18,22,24-25H,3-5,12-17,19-20H2,(H2,31,32,35);4-9,16,21,23-24H,1-3,10-15,18-19H2,(H2,31,32,35);1H4/t22-;21-;/m10./s1. The van der Waals surface area contributed by atoms with E-state index in [1.165, 1.54) is 24.0 Å². The van der Waals surface area contributed by atoms with Crippen LogP contribution in [0, 0.1) is 35.5 Å². The van der Waals surface area contributed by atoms with E-state index in [1.807, 2.05) is 82.6 Å². The zero-order chi connectivity index (χ0) is 49.8. The van der Waals surface area contributed by atoms with Crippen molar-refractivity contribution < 1.29 is 28.7 Å². The van der Waals surface area contributed by atoms with Crippen LogP contribution < -0.4 is 21.3 Å². The van der Waals surface area contributed by atoms with Crippen LogP contribution in [0.3, 0.4) is 0 Å². The van der Waals surface area contributed by atoms with Crippen LogP contribution in [0.5, 0.6) is 0 Å². The SMILES string of the molecule is C.C#Cc1ccc(C2CCN(C(=O)c3ccc(C4CCC4)c(NC(=O)NC[C@H]4CCOC4)c3)CC2)cc1.N#Cc1ccc(C2CCN(C(=O)c3ccc(C4CCC4)c(NC(=O)NC[C@@H]4CCOC4)c3)CC2)cc1. The van der Waals surface area contributed by atoms with Gasteiger partial charge in [-0.25, -0.2) is 9.59 Å². The fourth-order valence-electron chi connectivity index (χ4n) is 10.9. The summed E-state index contributed by atoms with van der Waals surface area (Å²) < 4.78 is 10.8. The number of amides is 6. The number of hydrogen-bond acceptors (Lipinski definition) is 7. The van der Waals surface area contributed by atoms with Gasteiger partial charge in [0.25, 0.3) is 11.8 Å². The van der Waals surface area contributed by atoms with Crippen LogP contribution in [0.4, 0.5) is 21.0 Å². The molecule has 0 spiro atoms. The Hall–Kier alpha value is -6.67. The molecule has 13 heteroatoms. The number of nitrogens with one attached hydrogen (secondary N) is 4. The van der Waals surface area contributed by atoms with E-state index < -0.39 is 0 Å². The molecule has 4 aliphatic heterocycles. The normalized spacial score (nSPS) is 20.1. The summed E-state index contributed by atoms with van der Waals surface area (Å²) in [7, 11) is 0. The molecule has 0 radical (unpaired) electrons. The Morgan fingerprint density at radius 2 is 0.959 bits per heavy atom. The Balaban J connectivity index is 0.000000192. The molecule has 0 bridgehead atoms. The van der Waals surface area contributed by atoms with Gasteiger partial charge in [0.05, 0.1) is 24.8 Å². The van der Waals surface area contributed by atoms with Gasteiger partial charge >= 0.3 is 12.1 Å². The Labute approximate surface area is 432 Å². The van der Waals surface area contributed by atoms with Crippen LogP contribution in [0.25, 0.3) is 0 Å². The van der Waals surface area contributed by atoms with Gasteiger partial charge in [-0.1, -0.05) is 62.6 Å². The van der Waals surface area contributed by atoms with Crippen LogP contribution in [-0.4, -0.2) is 99.4 Å². The summed E-state index contributed by atoms with van der Waals surface area (Å²) in [4.78, 5) is 56.0. The van der Waals surface area contributed by atoms with Gasteiger partial charge in [-0.3, -0.25) is 9.59 Å². The first-order valence-electron chi connectivity index (χ1n) is 26.4. The first-order chi connectivity index (χ1) is 35.2. The summed E-state index contributed by atoms with van der Waals surface area (Å²) in [6, 6.07) is 29.4. The van der Waals surface area contributed by atoms with Crippen LogP contribution in [-0.2, 0) is 9.47 Å². The zero-order valence-corrected chi connectivity index (χ0v) is 41.5. The number of nitrogens with zero attached hydrogens (tertiary/aromatic N) is 3. The fraction of sp³-hybridized carbons (Fsp3) is 0.483. The Morgan fingerprint density at radius 1 is 0.548 bits per heavy atom. The number of urea groups is 2. The smallest absolute Gasteiger partial charge is 0.319 e. The number of hydrogen-bond donors (Lipinski definition) is 4. The fourth-order valence-corrected chi connectivity index (χ4v) is 10.9. The average molecular weight is 988 g/mol. The minimum atomic E-state index is -0.227. The van der Waals surface area contributed by atoms with E-state index in [-0.39, 0.29) is 31.3 Å². The average Bonchev–Trinajstić information content (AvgIpc) is 4.13. The monoisotopic (exact) mass is 988 g/mol. The highest BCUT2D eigenvalue weighted by Gasteiger charge is 2.30. The summed E-state index contributed by atoms with van der Waals surface area (Å²) >= 11 is 0. The number of nitriles is 1. The maximum absolute atomic E-state index is 13.4. The minimum absolute atomic E-state index is 0. The van der Waals surface area contributed by atoms with Crippen LogP contribution in [0.1, 0.15) is 162 Å². The first-order valence-corrected chi connectivity index (χ1v) is 26.4. The molecule has 6 aliphatic rings. The zero-order valence-electron chi connectivity index (χ0n) is 41.5. The summed E-state index contributed by atoms with van der Waals surface area (Å²) in [5.41, 5.74) is 9.09. The molecule has 4 heterocycles. The molecule has 4 N–H and O–H groups in total. The molecule has 6 amide bonds. The molecule has 2 atom stereocenters. The lowest BCUT2D eigenvalue weighted by Gasteiger charge is -2.33. The molecule has 2 saturated carbocycles. The topological polar surface area (TPSA) is 165 Å². The Bertz CT molecular complexity index is 2420. The molecule has 4 saturated heterocycles. The lowest BCUT2D eigenvalue weighted by atomic mass is 9.79. The van der Waals surface area contributed by atoms with Crippen molar-refractivity contribution in [1.82, 2.24) is 20.4 Å². The van der Waals surface area contributed by atoms with E-state index in [1.54, 1.807) is 0 Å². The number of carbonyl (C=O) groups excluding carboxylic acids is 4. The lowest BCUT2D eigenvalue weighted by Crippen LogP contribution is -2.38. The number of benzene rings is 4. The van der Waals surface area contributed by atoms with Gasteiger partial charge in [-0.2, -0.15) is 5.26 Å². The minimum Gasteiger partial charge on any atom is -0.381 e. The van der Waals surface area contributed by atoms with Crippen LogP contribution in [0.15, 0.2) is 84.9 Å². The molecular formula is C60H73N7O6. The van der Waals surface area contributed by atoms with Gasteiger partial charge in [0.15, 0.2) is 0 Å². The summed E-state index contributed by atoms with van der Waals surface area (Å²) in [6.45, 7) is 6.94. The third kappa shape index (κ3) is 13.5. The second-order valence-corrected chi connectivity index (χ2v) is 20.6. The molecule has 4 aromatic carbocycles. The van der Waals surface area contributed by atoms with Crippen molar-refractivity contribution in [3.8, 4) is 18.4 Å². The maximum Gasteiger partial charge on any atom is 0.319 e. The molecule has 0 aromatic heterocycles. The highest BCUT2D eigenvalue weighted by atomic mass is 16.5. The van der Waals surface area contributed by atoms with Gasteiger partial charge in [0.1, 0.15) is 0 Å². The third-order valence-corrected chi connectivity index (χ3v) is 16.0. The van der Waals surface area contributed by atoms with Gasteiger partial charge < -0.3 is 40.5 Å². The Kier molecular flexibility index (Phi) is 18.3. The maximum atomic E-state index is 13.4. The largest absolute Gasteiger partial charge is 0.381 e. The highest BCUT2D eigenvalue weighted by molar-refractivity contribution is 5.98. The van der Waals surface area contributed by atoms with Crippen LogP contribution >= 0.6 is 0 Å². The second kappa shape index (κ2) is 25.3. The van der Waals surface area contributed by atoms with Gasteiger partial charge in [-0.15, -0.1) is 6.42 Å². The van der Waals surface area contributed by atoms with E-state index in [4.69, 9.17) is 21.2 Å². The van der Waals surface area contributed by atoms with Crippen molar-refractivity contribution in [3.05, 3.63) is 129 Å². The molecule has 2 aliphatic carbocycles. The molecule has 0 unspecified atom stereocenters. The third-order valence-electron chi connectivity index (χ3n) is 16.0. The summed E-state index contributed by atoms with van der Waals surface area (Å²) in [5, 5.41) is 21.1. The van der Waals surface area contributed by atoms with E-state index in [9.17, 15) is 19.2 Å². The van der Waals surface area contributed by atoms with E-state index >= 15 is 0 Å². The van der Waals surface area contributed by atoms with E-state index in [0.29, 0.717) is 91.6 Å². The quantitative estimate of drug-likeness (QED) is 0.103. The van der Waals surface area contributed by atoms with Crippen LogP contribution in [0.2, 0.25) is 0 Å². The number of likely N-dealkylation sites (tertiary alicyclic amines) is 2. The van der Waals surface area contributed by atoms with Crippen molar-refractivity contribution in [3.63, 3.8) is 0 Å². The number of carbonyl (C=O) groups is 4. The van der Waals surface area contributed by atoms with Crippen molar-refractivity contribution in [1.29, 1.82) is 5.26 Å². The van der Waals surface area contributed by atoms with Crippen molar-refractivity contribution in [2.75, 3.05) is 76.3 Å². The summed E-state index contributed by atoms with van der Waals surface area (Å²) in [5.74, 6) is 5.16. The number of rotatable bonds is 12.